The predicted octanol–water partition coefficient (Wildman–Crippen LogP) is 3.78. The smallest absolute Gasteiger partial charge is 0.403 e. The van der Waals surface area contributed by atoms with Gasteiger partial charge in [-0.1, -0.05) is 6.07 Å². The monoisotopic (exact) mass is 314 g/mol. The van der Waals surface area contributed by atoms with Crippen LogP contribution in [-0.4, -0.2) is 23.6 Å². The molecule has 21 heavy (non-hydrogen) atoms. The van der Waals surface area contributed by atoms with Crippen LogP contribution >= 0.6 is 0 Å². The van der Waals surface area contributed by atoms with Gasteiger partial charge in [0, 0.05) is 6.42 Å². The molecular weight excluding hydrogens is 302 g/mol. The van der Waals surface area contributed by atoms with Gasteiger partial charge in [0.2, 0.25) is 0 Å². The Hall–Kier alpha value is -1.44. The zero-order valence-corrected chi connectivity index (χ0v) is 10.8. The number of aliphatic hydroxyl groups is 1. The molecule has 0 saturated heterocycles. The van der Waals surface area contributed by atoms with E-state index < -0.39 is 29.9 Å². The first-order valence-electron chi connectivity index (χ1n) is 6.11. The van der Waals surface area contributed by atoms with Gasteiger partial charge in [0.15, 0.2) is 5.92 Å². The molecule has 0 saturated carbocycles. The van der Waals surface area contributed by atoms with Gasteiger partial charge in [0.1, 0.15) is 11.9 Å². The molecule has 0 aliphatic carbocycles. The molecule has 1 heterocycles. The quantitative estimate of drug-likeness (QED) is 0.842. The molecule has 2 nitrogen and oxygen atoms in total. The summed E-state index contributed by atoms with van der Waals surface area (Å²) < 4.78 is 80.8. The maximum Gasteiger partial charge on any atom is 0.403 e. The first kappa shape index (κ1) is 15.9. The lowest BCUT2D eigenvalue weighted by atomic mass is 9.93. The minimum atomic E-state index is -5.58. The van der Waals surface area contributed by atoms with Crippen LogP contribution in [-0.2, 0) is 6.42 Å². The van der Waals surface area contributed by atoms with E-state index in [2.05, 4.69) is 0 Å². The maximum atomic E-state index is 12.6. The standard InChI is InChI=1S/C13H12F6O2/c1-6-4-8-5-7(2-3-9(8)21-6)10(20)11(12(14,15)16)13(17,18)19/h2-3,5-6,10-11,20H,4H2,1H3. The van der Waals surface area contributed by atoms with Crippen LogP contribution in [0.3, 0.4) is 0 Å². The SMILES string of the molecule is CC1Cc2cc(C(O)C(C(F)(F)F)C(F)(F)F)ccc2O1. The molecule has 0 fully saturated rings. The molecule has 0 aromatic heterocycles. The van der Waals surface area contributed by atoms with E-state index in [4.69, 9.17) is 4.74 Å². The van der Waals surface area contributed by atoms with E-state index >= 15 is 0 Å². The molecule has 2 atom stereocenters. The fraction of sp³-hybridized carbons (Fsp3) is 0.538. The van der Waals surface area contributed by atoms with E-state index in [1.807, 2.05) is 0 Å². The molecule has 1 aliphatic rings. The molecule has 0 radical (unpaired) electrons. The van der Waals surface area contributed by atoms with Crippen molar-refractivity contribution in [3.05, 3.63) is 29.3 Å². The third-order valence-electron chi connectivity index (χ3n) is 3.28. The number of alkyl halides is 6. The Morgan fingerprint density at radius 2 is 1.71 bits per heavy atom. The summed E-state index contributed by atoms with van der Waals surface area (Å²) in [5, 5.41) is 9.57. The van der Waals surface area contributed by atoms with Gasteiger partial charge in [0.25, 0.3) is 0 Å². The Kier molecular flexibility index (Phi) is 3.86. The normalized spacial score (nSPS) is 20.3. The summed E-state index contributed by atoms with van der Waals surface area (Å²) in [6.07, 6.45) is -13.7. The second-order valence-corrected chi connectivity index (χ2v) is 5.01. The second-order valence-electron chi connectivity index (χ2n) is 5.01. The third kappa shape index (κ3) is 3.25. The predicted molar refractivity (Wildman–Crippen MR) is 60.8 cm³/mol. The number of rotatable bonds is 2. The molecule has 8 heteroatoms. The average molecular weight is 314 g/mol. The summed E-state index contributed by atoms with van der Waals surface area (Å²) in [6, 6.07) is 3.43. The van der Waals surface area contributed by atoms with Gasteiger partial charge < -0.3 is 9.84 Å². The van der Waals surface area contributed by atoms with E-state index in [0.717, 1.165) is 12.1 Å². The topological polar surface area (TPSA) is 29.5 Å². The van der Waals surface area contributed by atoms with Gasteiger partial charge in [-0.05, 0) is 30.2 Å². The first-order valence-corrected chi connectivity index (χ1v) is 6.11. The van der Waals surface area contributed by atoms with Crippen LogP contribution in [0.25, 0.3) is 0 Å². The molecule has 0 spiro atoms. The van der Waals surface area contributed by atoms with Crippen LogP contribution in [0.15, 0.2) is 18.2 Å². The van der Waals surface area contributed by atoms with Gasteiger partial charge in [-0.2, -0.15) is 26.3 Å². The number of fused-ring (bicyclic) bond motifs is 1. The van der Waals surface area contributed by atoms with Crippen molar-refractivity contribution in [3.8, 4) is 5.75 Å². The second kappa shape index (κ2) is 5.08. The largest absolute Gasteiger partial charge is 0.490 e. The lowest BCUT2D eigenvalue weighted by Crippen LogP contribution is -2.40. The highest BCUT2D eigenvalue weighted by atomic mass is 19.4. The molecule has 1 aliphatic heterocycles. The third-order valence-corrected chi connectivity index (χ3v) is 3.28. The number of halogens is 6. The molecule has 118 valence electrons. The number of aliphatic hydroxyl groups excluding tert-OH is 1. The van der Waals surface area contributed by atoms with E-state index in [0.29, 0.717) is 17.7 Å². The van der Waals surface area contributed by atoms with E-state index in [9.17, 15) is 31.4 Å². The van der Waals surface area contributed by atoms with Crippen LogP contribution in [0, 0.1) is 5.92 Å². The van der Waals surface area contributed by atoms with Gasteiger partial charge >= 0.3 is 12.4 Å². The molecular formula is C13H12F6O2. The fourth-order valence-electron chi connectivity index (χ4n) is 2.36. The Morgan fingerprint density at radius 1 is 1.14 bits per heavy atom. The Morgan fingerprint density at radius 3 is 2.24 bits per heavy atom. The van der Waals surface area contributed by atoms with E-state index in [1.54, 1.807) is 6.92 Å². The molecule has 1 aromatic carbocycles. The molecule has 2 unspecified atom stereocenters. The summed E-state index contributed by atoms with van der Waals surface area (Å²) in [4.78, 5) is 0. The maximum absolute atomic E-state index is 12.6. The summed E-state index contributed by atoms with van der Waals surface area (Å²) in [5.74, 6) is -3.41. The zero-order valence-electron chi connectivity index (χ0n) is 10.8. The Bertz CT molecular complexity index is 508. The van der Waals surface area contributed by atoms with E-state index in [1.165, 1.54) is 6.07 Å². The first-order chi connectivity index (χ1) is 9.50. The summed E-state index contributed by atoms with van der Waals surface area (Å²) in [7, 11) is 0. The van der Waals surface area contributed by atoms with Crippen molar-refractivity contribution >= 4 is 0 Å². The van der Waals surface area contributed by atoms with Gasteiger partial charge in [-0.3, -0.25) is 0 Å². The number of hydrogen-bond donors (Lipinski definition) is 1. The van der Waals surface area contributed by atoms with Crippen LogP contribution < -0.4 is 4.74 Å². The Balaban J connectivity index is 2.34. The van der Waals surface area contributed by atoms with Crippen molar-refractivity contribution in [2.75, 3.05) is 0 Å². The van der Waals surface area contributed by atoms with Crippen LogP contribution in [0.4, 0.5) is 26.3 Å². The van der Waals surface area contributed by atoms with Crippen LogP contribution in [0.1, 0.15) is 24.2 Å². The summed E-state index contributed by atoms with van der Waals surface area (Å²) in [6.45, 7) is 1.73. The molecule has 1 N–H and O–H groups in total. The Labute approximate surface area is 116 Å². The van der Waals surface area contributed by atoms with Gasteiger partial charge in [-0.25, -0.2) is 0 Å². The lowest BCUT2D eigenvalue weighted by molar-refractivity contribution is -0.307. The highest BCUT2D eigenvalue weighted by Gasteiger charge is 2.60. The van der Waals surface area contributed by atoms with Crippen molar-refractivity contribution < 1.29 is 36.2 Å². The minimum Gasteiger partial charge on any atom is -0.490 e. The highest BCUT2D eigenvalue weighted by Crippen LogP contribution is 2.47. The molecule has 0 amide bonds. The highest BCUT2D eigenvalue weighted by molar-refractivity contribution is 5.41. The van der Waals surface area contributed by atoms with Crippen molar-refractivity contribution in [2.24, 2.45) is 5.92 Å². The van der Waals surface area contributed by atoms with Crippen LogP contribution in [0.5, 0.6) is 5.75 Å². The van der Waals surface area contributed by atoms with Crippen molar-refractivity contribution in [1.29, 1.82) is 0 Å². The molecule has 0 bridgehead atoms. The zero-order chi connectivity index (χ0) is 16.0. The number of ether oxygens (including phenoxy) is 1. The van der Waals surface area contributed by atoms with Crippen LogP contribution in [0.2, 0.25) is 0 Å². The fourth-order valence-corrected chi connectivity index (χ4v) is 2.36. The lowest BCUT2D eigenvalue weighted by Gasteiger charge is -2.27. The van der Waals surface area contributed by atoms with Crippen molar-refractivity contribution in [2.45, 2.75) is 37.9 Å². The van der Waals surface area contributed by atoms with Gasteiger partial charge in [-0.15, -0.1) is 0 Å². The number of benzene rings is 1. The average Bonchev–Trinajstić information content (AvgIpc) is 2.63. The van der Waals surface area contributed by atoms with Gasteiger partial charge in [0.05, 0.1) is 6.10 Å². The summed E-state index contributed by atoms with van der Waals surface area (Å²) in [5.41, 5.74) is 0.0632. The van der Waals surface area contributed by atoms with Crippen molar-refractivity contribution in [1.82, 2.24) is 0 Å². The molecule has 2 rings (SSSR count). The number of hydrogen-bond acceptors (Lipinski definition) is 2. The summed E-state index contributed by atoms with van der Waals surface area (Å²) >= 11 is 0. The molecule has 1 aromatic rings. The van der Waals surface area contributed by atoms with Crippen molar-refractivity contribution in [3.63, 3.8) is 0 Å². The van der Waals surface area contributed by atoms with E-state index in [-0.39, 0.29) is 6.10 Å². The minimum absolute atomic E-state index is 0.201.